The van der Waals surface area contributed by atoms with Crippen LogP contribution in [-0.4, -0.2) is 35.6 Å². The fourth-order valence-corrected chi connectivity index (χ4v) is 3.56. The Morgan fingerprint density at radius 2 is 1.82 bits per heavy atom. The topological polar surface area (TPSA) is 63.6 Å². The van der Waals surface area contributed by atoms with E-state index in [0.717, 1.165) is 24.3 Å². The Hall–Kier alpha value is -2.60. The number of nitrogens with zero attached hydrogens (tertiary/aromatic N) is 2. The first-order valence-corrected chi connectivity index (χ1v) is 9.96. The monoisotopic (exact) mass is 383 g/mol. The summed E-state index contributed by atoms with van der Waals surface area (Å²) >= 11 is 0. The van der Waals surface area contributed by atoms with E-state index in [2.05, 4.69) is 10.2 Å². The molecule has 2 heterocycles. The molecule has 2 aromatic rings. The number of carbonyl (C=O) groups is 1. The molecular weight excluding hydrogens is 354 g/mol. The third kappa shape index (κ3) is 5.70. The van der Waals surface area contributed by atoms with E-state index >= 15 is 0 Å². The van der Waals surface area contributed by atoms with Gasteiger partial charge >= 0.3 is 0 Å². The third-order valence-corrected chi connectivity index (χ3v) is 5.13. The third-order valence-electron chi connectivity index (χ3n) is 5.13. The highest BCUT2D eigenvalue weighted by Gasteiger charge is 2.15. The second-order valence-electron chi connectivity index (χ2n) is 7.28. The van der Waals surface area contributed by atoms with Crippen LogP contribution in [0, 0.1) is 0 Å². The van der Waals surface area contributed by atoms with Crippen molar-refractivity contribution in [1.82, 2.24) is 14.8 Å². The number of likely N-dealkylation sites (tertiary alicyclic amines) is 1. The number of amides is 1. The predicted octanol–water partition coefficient (Wildman–Crippen LogP) is 2.55. The molecule has 1 amide bonds. The number of aromatic nitrogens is 1. The van der Waals surface area contributed by atoms with Gasteiger partial charge in [-0.2, -0.15) is 0 Å². The number of rotatable bonds is 7. The first-order chi connectivity index (χ1) is 13.7. The highest BCUT2D eigenvalue weighted by Crippen LogP contribution is 2.14. The first kappa shape index (κ1) is 20.1. The van der Waals surface area contributed by atoms with Crippen molar-refractivity contribution in [2.45, 2.75) is 45.3 Å². The maximum atomic E-state index is 12.5. The van der Waals surface area contributed by atoms with Crippen LogP contribution in [0.2, 0.25) is 0 Å². The van der Waals surface area contributed by atoms with Crippen molar-refractivity contribution in [2.24, 2.45) is 0 Å². The Balaban J connectivity index is 1.71. The van der Waals surface area contributed by atoms with Gasteiger partial charge in [0.2, 0.25) is 11.3 Å². The lowest BCUT2D eigenvalue weighted by Crippen LogP contribution is -2.31. The molecule has 0 aliphatic carbocycles. The Bertz CT molecular complexity index is 825. The average molecular weight is 383 g/mol. The number of pyridine rings is 1. The Morgan fingerprint density at radius 3 is 2.50 bits per heavy atom. The molecule has 6 nitrogen and oxygen atoms in total. The van der Waals surface area contributed by atoms with E-state index in [1.807, 2.05) is 34.9 Å². The van der Waals surface area contributed by atoms with Crippen LogP contribution in [0.5, 0.6) is 5.75 Å². The summed E-state index contributed by atoms with van der Waals surface area (Å²) in [4.78, 5) is 27.1. The van der Waals surface area contributed by atoms with Gasteiger partial charge < -0.3 is 14.6 Å². The van der Waals surface area contributed by atoms with E-state index in [1.54, 1.807) is 12.3 Å². The lowest BCUT2D eigenvalue weighted by Gasteiger charge is -2.23. The summed E-state index contributed by atoms with van der Waals surface area (Å²) < 4.78 is 7.02. The standard InChI is InChI=1S/C22H29N3O3/c1-28-21-16-25(17-22(27)23-14-18-9-5-4-6-10-18)19(13-20(21)26)15-24-11-7-2-3-8-12-24/h4-6,9-10,13,16H,2-3,7-8,11-12,14-15,17H2,1H3,(H,23,27). The Morgan fingerprint density at radius 1 is 1.11 bits per heavy atom. The molecule has 1 aromatic heterocycles. The minimum absolute atomic E-state index is 0.0910. The van der Waals surface area contributed by atoms with Crippen molar-refractivity contribution < 1.29 is 9.53 Å². The molecule has 0 spiro atoms. The molecule has 1 aliphatic heterocycles. The van der Waals surface area contributed by atoms with E-state index in [0.29, 0.717) is 13.1 Å². The summed E-state index contributed by atoms with van der Waals surface area (Å²) in [5, 5.41) is 2.95. The van der Waals surface area contributed by atoms with Crippen molar-refractivity contribution in [1.29, 1.82) is 0 Å². The summed E-state index contributed by atoms with van der Waals surface area (Å²) in [6, 6.07) is 11.4. The molecule has 1 aromatic carbocycles. The van der Waals surface area contributed by atoms with Gasteiger partial charge in [-0.3, -0.25) is 14.5 Å². The van der Waals surface area contributed by atoms with Gasteiger partial charge in [-0.25, -0.2) is 0 Å². The molecule has 3 rings (SSSR count). The van der Waals surface area contributed by atoms with Gasteiger partial charge in [-0.1, -0.05) is 43.2 Å². The van der Waals surface area contributed by atoms with Crippen LogP contribution in [-0.2, 0) is 24.4 Å². The van der Waals surface area contributed by atoms with E-state index in [9.17, 15) is 9.59 Å². The smallest absolute Gasteiger partial charge is 0.240 e. The summed E-state index contributed by atoms with van der Waals surface area (Å²) in [5.74, 6) is 0.169. The van der Waals surface area contributed by atoms with Crippen LogP contribution < -0.4 is 15.5 Å². The zero-order valence-electron chi connectivity index (χ0n) is 16.5. The number of hydrogen-bond acceptors (Lipinski definition) is 4. The van der Waals surface area contributed by atoms with Crippen molar-refractivity contribution in [3.05, 3.63) is 64.1 Å². The second kappa shape index (κ2) is 10.1. The molecule has 1 N–H and O–H groups in total. The summed E-state index contributed by atoms with van der Waals surface area (Å²) in [6.45, 7) is 3.37. The molecule has 1 aliphatic rings. The lowest BCUT2D eigenvalue weighted by atomic mass is 10.2. The zero-order valence-corrected chi connectivity index (χ0v) is 16.5. The van der Waals surface area contributed by atoms with Gasteiger partial charge in [0.1, 0.15) is 6.54 Å². The van der Waals surface area contributed by atoms with Crippen LogP contribution in [0.1, 0.15) is 36.9 Å². The molecule has 0 unspecified atom stereocenters. The number of benzene rings is 1. The highest BCUT2D eigenvalue weighted by molar-refractivity contribution is 5.75. The van der Waals surface area contributed by atoms with Gasteiger partial charge in [0.05, 0.1) is 13.3 Å². The molecule has 0 bridgehead atoms. The first-order valence-electron chi connectivity index (χ1n) is 9.96. The minimum atomic E-state index is -0.145. The average Bonchev–Trinajstić information content (AvgIpc) is 2.98. The van der Waals surface area contributed by atoms with Crippen LogP contribution in [0.3, 0.4) is 0 Å². The van der Waals surface area contributed by atoms with Gasteiger partial charge in [0, 0.05) is 24.8 Å². The quantitative estimate of drug-likeness (QED) is 0.798. The maximum Gasteiger partial charge on any atom is 0.240 e. The van der Waals surface area contributed by atoms with Crippen molar-refractivity contribution in [3.63, 3.8) is 0 Å². The Kier molecular flexibility index (Phi) is 7.25. The molecule has 0 saturated carbocycles. The van der Waals surface area contributed by atoms with Crippen molar-refractivity contribution in [2.75, 3.05) is 20.2 Å². The number of ether oxygens (including phenoxy) is 1. The summed E-state index contributed by atoms with van der Waals surface area (Å²) in [5.41, 5.74) is 1.76. The van der Waals surface area contributed by atoms with E-state index in [-0.39, 0.29) is 23.6 Å². The largest absolute Gasteiger partial charge is 0.491 e. The van der Waals surface area contributed by atoms with Crippen LogP contribution >= 0.6 is 0 Å². The summed E-state index contributed by atoms with van der Waals surface area (Å²) in [6.07, 6.45) is 6.52. The van der Waals surface area contributed by atoms with E-state index in [1.165, 1.54) is 32.8 Å². The number of methoxy groups -OCH3 is 1. The number of nitrogens with one attached hydrogen (secondary N) is 1. The minimum Gasteiger partial charge on any atom is -0.491 e. The van der Waals surface area contributed by atoms with Crippen LogP contribution in [0.15, 0.2) is 47.4 Å². The number of hydrogen-bond donors (Lipinski definition) is 1. The van der Waals surface area contributed by atoms with Crippen LogP contribution in [0.25, 0.3) is 0 Å². The SMILES string of the molecule is COc1cn(CC(=O)NCc2ccccc2)c(CN2CCCCCC2)cc1=O. The molecular formula is C22H29N3O3. The molecule has 1 fully saturated rings. The molecule has 1 saturated heterocycles. The molecule has 150 valence electrons. The molecule has 0 atom stereocenters. The van der Waals surface area contributed by atoms with Gasteiger partial charge in [0.25, 0.3) is 0 Å². The zero-order chi connectivity index (χ0) is 19.8. The number of carbonyl (C=O) groups excluding carboxylic acids is 1. The van der Waals surface area contributed by atoms with Crippen LogP contribution in [0.4, 0.5) is 0 Å². The Labute approximate surface area is 166 Å². The van der Waals surface area contributed by atoms with Crippen molar-refractivity contribution >= 4 is 5.91 Å². The van der Waals surface area contributed by atoms with Gasteiger partial charge in [-0.05, 0) is 31.5 Å². The summed E-state index contributed by atoms with van der Waals surface area (Å²) in [7, 11) is 1.48. The normalized spacial score (nSPS) is 15.0. The molecule has 0 radical (unpaired) electrons. The van der Waals surface area contributed by atoms with Gasteiger partial charge in [0.15, 0.2) is 5.75 Å². The molecule has 28 heavy (non-hydrogen) atoms. The fourth-order valence-electron chi connectivity index (χ4n) is 3.56. The fraction of sp³-hybridized carbons (Fsp3) is 0.455. The molecule has 6 heteroatoms. The lowest BCUT2D eigenvalue weighted by molar-refractivity contribution is -0.121. The predicted molar refractivity (Wildman–Crippen MR) is 109 cm³/mol. The van der Waals surface area contributed by atoms with Crippen molar-refractivity contribution in [3.8, 4) is 5.75 Å². The van der Waals surface area contributed by atoms with Gasteiger partial charge in [-0.15, -0.1) is 0 Å². The van der Waals surface area contributed by atoms with E-state index in [4.69, 9.17) is 4.74 Å². The highest BCUT2D eigenvalue weighted by atomic mass is 16.5. The second-order valence-corrected chi connectivity index (χ2v) is 7.28. The van der Waals surface area contributed by atoms with E-state index < -0.39 is 0 Å². The maximum absolute atomic E-state index is 12.5.